The number of amides is 1. The summed E-state index contributed by atoms with van der Waals surface area (Å²) in [6.45, 7) is 1.95. The smallest absolute Gasteiger partial charge is 0.277 e. The lowest BCUT2D eigenvalue weighted by Gasteiger charge is -2.13. The Morgan fingerprint density at radius 3 is 2.32 bits per heavy atom. The van der Waals surface area contributed by atoms with Crippen LogP contribution in [-0.2, 0) is 0 Å². The minimum absolute atomic E-state index is 0.0640. The van der Waals surface area contributed by atoms with Crippen LogP contribution in [0, 0.1) is 6.92 Å². The number of carbonyl (C=O) groups excluding carboxylic acids is 2. The zero-order chi connectivity index (χ0) is 15.7. The van der Waals surface area contributed by atoms with Crippen LogP contribution in [0.1, 0.15) is 31.8 Å². The SMILES string of the molecule is Cc1ccc(C(=O)N=C2C=C(Cl)C(=O)c3ccccc32)cc1. The van der Waals surface area contributed by atoms with E-state index in [-0.39, 0.29) is 16.7 Å². The molecule has 0 saturated heterocycles. The molecule has 1 aliphatic carbocycles. The first kappa shape index (κ1) is 14.4. The van der Waals surface area contributed by atoms with Crippen molar-refractivity contribution in [3.05, 3.63) is 81.9 Å². The van der Waals surface area contributed by atoms with Gasteiger partial charge in [-0.25, -0.2) is 4.99 Å². The van der Waals surface area contributed by atoms with E-state index in [1.807, 2.05) is 19.1 Å². The minimum atomic E-state index is -0.361. The van der Waals surface area contributed by atoms with Crippen molar-refractivity contribution in [1.82, 2.24) is 0 Å². The number of nitrogens with zero attached hydrogens (tertiary/aromatic N) is 1. The van der Waals surface area contributed by atoms with Gasteiger partial charge in [0.05, 0.1) is 10.7 Å². The Morgan fingerprint density at radius 1 is 1.00 bits per heavy atom. The fourth-order valence-corrected chi connectivity index (χ4v) is 2.46. The average Bonchev–Trinajstić information content (AvgIpc) is 2.53. The van der Waals surface area contributed by atoms with Crippen LogP contribution in [0.25, 0.3) is 0 Å². The molecule has 4 heteroatoms. The van der Waals surface area contributed by atoms with Crippen molar-refractivity contribution in [1.29, 1.82) is 0 Å². The summed E-state index contributed by atoms with van der Waals surface area (Å²) in [6, 6.07) is 14.2. The summed E-state index contributed by atoms with van der Waals surface area (Å²) in [5, 5.41) is 0.0640. The van der Waals surface area contributed by atoms with Crippen molar-refractivity contribution >= 4 is 29.0 Å². The van der Waals surface area contributed by atoms with Crippen LogP contribution in [0.4, 0.5) is 0 Å². The van der Waals surface area contributed by atoms with Crippen LogP contribution in [0.5, 0.6) is 0 Å². The van der Waals surface area contributed by atoms with Crippen molar-refractivity contribution in [3.8, 4) is 0 Å². The van der Waals surface area contributed by atoms with Gasteiger partial charge in [0.1, 0.15) is 0 Å². The van der Waals surface area contributed by atoms with Gasteiger partial charge < -0.3 is 0 Å². The normalized spacial score (nSPS) is 15.5. The van der Waals surface area contributed by atoms with E-state index in [9.17, 15) is 9.59 Å². The number of rotatable bonds is 1. The van der Waals surface area contributed by atoms with Crippen LogP contribution < -0.4 is 0 Å². The summed E-state index contributed by atoms with van der Waals surface area (Å²) in [7, 11) is 0. The predicted molar refractivity (Wildman–Crippen MR) is 86.8 cm³/mol. The van der Waals surface area contributed by atoms with E-state index in [4.69, 9.17) is 11.6 Å². The van der Waals surface area contributed by atoms with Crippen molar-refractivity contribution in [2.75, 3.05) is 0 Å². The molecule has 0 N–H and O–H groups in total. The molecule has 0 bridgehead atoms. The largest absolute Gasteiger partial charge is 0.288 e. The molecule has 0 fully saturated rings. The van der Waals surface area contributed by atoms with E-state index < -0.39 is 0 Å². The first-order valence-electron chi connectivity index (χ1n) is 6.77. The number of aliphatic imine (C=N–C) groups is 1. The molecular weight excluding hydrogens is 298 g/mol. The molecule has 0 aromatic heterocycles. The Morgan fingerprint density at radius 2 is 1.64 bits per heavy atom. The lowest BCUT2D eigenvalue weighted by Crippen LogP contribution is -2.16. The zero-order valence-electron chi connectivity index (χ0n) is 11.8. The van der Waals surface area contributed by atoms with E-state index in [0.29, 0.717) is 22.4 Å². The van der Waals surface area contributed by atoms with Gasteiger partial charge in [-0.2, -0.15) is 0 Å². The monoisotopic (exact) mass is 309 g/mol. The van der Waals surface area contributed by atoms with E-state index in [0.717, 1.165) is 5.56 Å². The molecule has 3 nitrogen and oxygen atoms in total. The second-order valence-corrected chi connectivity index (χ2v) is 5.44. The van der Waals surface area contributed by atoms with Crippen molar-refractivity contribution in [3.63, 3.8) is 0 Å². The van der Waals surface area contributed by atoms with Gasteiger partial charge in [0, 0.05) is 16.7 Å². The highest BCUT2D eigenvalue weighted by molar-refractivity contribution is 6.49. The molecule has 0 saturated carbocycles. The van der Waals surface area contributed by atoms with Crippen LogP contribution in [0.3, 0.4) is 0 Å². The molecule has 108 valence electrons. The van der Waals surface area contributed by atoms with Gasteiger partial charge in [-0.1, -0.05) is 53.6 Å². The molecule has 22 heavy (non-hydrogen) atoms. The van der Waals surface area contributed by atoms with Gasteiger partial charge in [-0.15, -0.1) is 0 Å². The third-order valence-corrected chi connectivity index (χ3v) is 3.73. The summed E-state index contributed by atoms with van der Waals surface area (Å²) in [4.78, 5) is 28.4. The number of allylic oxidation sites excluding steroid dienone is 2. The fraction of sp³-hybridized carbons (Fsp3) is 0.0556. The summed E-state index contributed by atoms with van der Waals surface area (Å²) in [5.41, 5.74) is 3.06. The molecule has 0 unspecified atom stereocenters. The summed E-state index contributed by atoms with van der Waals surface area (Å²) < 4.78 is 0. The number of ketones is 1. The first-order valence-corrected chi connectivity index (χ1v) is 7.15. The third-order valence-electron chi connectivity index (χ3n) is 3.45. The Hall–Kier alpha value is -2.52. The van der Waals surface area contributed by atoms with E-state index in [1.165, 1.54) is 6.08 Å². The molecule has 1 amide bonds. The molecule has 2 aromatic rings. The third kappa shape index (κ3) is 2.63. The van der Waals surface area contributed by atoms with Gasteiger partial charge in [0.25, 0.3) is 5.91 Å². The molecule has 0 aliphatic heterocycles. The predicted octanol–water partition coefficient (Wildman–Crippen LogP) is 3.94. The molecule has 3 rings (SSSR count). The maximum Gasteiger partial charge on any atom is 0.277 e. The average molecular weight is 310 g/mol. The number of halogens is 1. The number of hydrogen-bond donors (Lipinski definition) is 0. The van der Waals surface area contributed by atoms with Crippen molar-refractivity contribution in [2.24, 2.45) is 4.99 Å². The molecular formula is C18H12ClNO2. The first-order chi connectivity index (χ1) is 10.6. The molecule has 0 atom stereocenters. The summed E-state index contributed by atoms with van der Waals surface area (Å²) in [5.74, 6) is -0.612. The number of carbonyl (C=O) groups is 2. The van der Waals surface area contributed by atoms with E-state index in [2.05, 4.69) is 4.99 Å². The Bertz CT molecular complexity index is 832. The van der Waals surface area contributed by atoms with Crippen LogP contribution >= 0.6 is 11.6 Å². The van der Waals surface area contributed by atoms with Crippen LogP contribution in [-0.4, -0.2) is 17.4 Å². The van der Waals surface area contributed by atoms with E-state index in [1.54, 1.807) is 36.4 Å². The van der Waals surface area contributed by atoms with Crippen molar-refractivity contribution in [2.45, 2.75) is 6.92 Å². The number of fused-ring (bicyclic) bond motifs is 1. The van der Waals surface area contributed by atoms with Crippen LogP contribution in [0.15, 0.2) is 64.6 Å². The zero-order valence-corrected chi connectivity index (χ0v) is 12.6. The molecule has 0 heterocycles. The Kier molecular flexibility index (Phi) is 3.73. The standard InChI is InChI=1S/C18H12ClNO2/c1-11-6-8-12(9-7-11)18(22)20-16-10-15(19)17(21)14-5-3-2-4-13(14)16/h2-10H,1H3. The maximum absolute atomic E-state index is 12.3. The lowest BCUT2D eigenvalue weighted by atomic mass is 9.94. The van der Waals surface area contributed by atoms with Gasteiger partial charge in [0.2, 0.25) is 5.78 Å². The minimum Gasteiger partial charge on any atom is -0.288 e. The topological polar surface area (TPSA) is 46.5 Å². The van der Waals surface area contributed by atoms with Gasteiger partial charge in [-0.05, 0) is 25.1 Å². The molecule has 0 radical (unpaired) electrons. The van der Waals surface area contributed by atoms with Crippen LogP contribution in [0.2, 0.25) is 0 Å². The highest BCUT2D eigenvalue weighted by Crippen LogP contribution is 2.24. The second kappa shape index (κ2) is 5.70. The number of benzene rings is 2. The van der Waals surface area contributed by atoms with Crippen molar-refractivity contribution < 1.29 is 9.59 Å². The van der Waals surface area contributed by atoms with Gasteiger partial charge in [0.15, 0.2) is 0 Å². The second-order valence-electron chi connectivity index (χ2n) is 5.04. The summed E-state index contributed by atoms with van der Waals surface area (Å²) in [6.07, 6.45) is 1.44. The quantitative estimate of drug-likeness (QED) is 0.801. The molecule has 2 aromatic carbocycles. The van der Waals surface area contributed by atoms with E-state index >= 15 is 0 Å². The maximum atomic E-state index is 12.3. The number of Topliss-reactive ketones (excluding diaryl/α,β-unsaturated/α-hetero) is 1. The fourth-order valence-electron chi connectivity index (χ4n) is 2.26. The number of hydrogen-bond acceptors (Lipinski definition) is 2. The highest BCUT2D eigenvalue weighted by Gasteiger charge is 2.23. The molecule has 1 aliphatic rings. The Labute approximate surface area is 133 Å². The highest BCUT2D eigenvalue weighted by atomic mass is 35.5. The summed E-state index contributed by atoms with van der Waals surface area (Å²) >= 11 is 5.96. The number of aryl methyl sites for hydroxylation is 1. The van der Waals surface area contributed by atoms with Gasteiger partial charge >= 0.3 is 0 Å². The van der Waals surface area contributed by atoms with Gasteiger partial charge in [-0.3, -0.25) is 9.59 Å². The Balaban J connectivity index is 2.05. The lowest BCUT2D eigenvalue weighted by molar-refractivity contribution is 0.0999. The molecule has 0 spiro atoms.